The van der Waals surface area contributed by atoms with E-state index >= 15 is 0 Å². The molecule has 0 unspecified atom stereocenters. The molecule has 30 rings (SSSR count). The van der Waals surface area contributed by atoms with Gasteiger partial charge in [-0.05, 0) is 224 Å². The van der Waals surface area contributed by atoms with Crippen LogP contribution >= 0.6 is 11.3 Å². The zero-order valence-corrected chi connectivity index (χ0v) is 88.4. The lowest BCUT2D eigenvalue weighted by molar-refractivity contribution is 0.422. The van der Waals surface area contributed by atoms with Gasteiger partial charge in [0.1, 0.15) is 5.58 Å². The molecule has 9 nitrogen and oxygen atoms in total. The van der Waals surface area contributed by atoms with Gasteiger partial charge >= 0.3 is 0 Å². The predicted octanol–water partition coefficient (Wildman–Crippen LogP) is 39.4. The molecule has 0 spiro atoms. The summed E-state index contributed by atoms with van der Waals surface area (Å²) < 4.78 is 28.8. The largest absolute Gasteiger partial charge is 0.454 e. The van der Waals surface area contributed by atoms with Crippen molar-refractivity contribution in [3.63, 3.8) is 0 Å². The molecule has 10 heterocycles. The van der Waals surface area contributed by atoms with Gasteiger partial charge < -0.3 is 41.0 Å². The van der Waals surface area contributed by atoms with Gasteiger partial charge in [-0.1, -0.05) is 345 Å². The summed E-state index contributed by atoms with van der Waals surface area (Å²) in [6, 6.07) is 160. The van der Waals surface area contributed by atoms with Crippen LogP contribution in [0.5, 0.6) is 0 Å². The van der Waals surface area contributed by atoms with E-state index in [1.807, 2.05) is 23.5 Å². The molecule has 10 aromatic heterocycles. The molecule has 0 aliphatic rings. The van der Waals surface area contributed by atoms with E-state index in [4.69, 9.17) is 4.42 Å². The molecule has 20 aromatic carbocycles. The Balaban J connectivity index is 0.0000000955. The van der Waals surface area contributed by atoms with Gasteiger partial charge in [-0.15, -0.1) is 11.3 Å². The summed E-state index contributed by atoms with van der Waals surface area (Å²) >= 11 is 1.92. The van der Waals surface area contributed by atoms with Crippen molar-refractivity contribution in [2.45, 2.75) is 131 Å². The number of rotatable bonds is 5. The average Bonchev–Trinajstić information content (AvgIpc) is 1.55. The number of nitrogens with zero attached hydrogens (tertiary/aromatic N) is 8. The number of hydrogen-bond acceptors (Lipinski definition) is 2. The molecule has 0 bridgehead atoms. The second-order valence-corrected chi connectivity index (χ2v) is 46.4. The van der Waals surface area contributed by atoms with Crippen LogP contribution in [0, 0.1) is 0 Å². The highest BCUT2D eigenvalue weighted by Crippen LogP contribution is 2.52. The Bertz CT molecular complexity index is 10400. The Kier molecular flexibility index (Phi) is 21.8. The van der Waals surface area contributed by atoms with Crippen LogP contribution in [0.15, 0.2) is 447 Å². The molecule has 30 aromatic rings. The second-order valence-electron chi connectivity index (χ2n) is 45.4. The third-order valence-electron chi connectivity index (χ3n) is 30.7. The minimum absolute atomic E-state index is 0.0198. The van der Waals surface area contributed by atoms with E-state index in [1.54, 1.807) is 0 Å². The van der Waals surface area contributed by atoms with Crippen molar-refractivity contribution in [2.24, 2.45) is 0 Å². The number of para-hydroxylation sites is 13. The molecule has 0 aliphatic heterocycles. The van der Waals surface area contributed by atoms with E-state index in [1.165, 1.54) is 245 Å². The number of hydrogen-bond donors (Lipinski definition) is 0. The van der Waals surface area contributed by atoms with Gasteiger partial charge in [0, 0.05) is 174 Å². The molecular weight excluding hydrogens is 1840 g/mol. The molecule has 0 N–H and O–H groups in total. The van der Waals surface area contributed by atoms with Crippen LogP contribution in [-0.2, 0) is 27.4 Å². The van der Waals surface area contributed by atoms with Crippen molar-refractivity contribution in [3.8, 4) is 28.4 Å². The first kappa shape index (κ1) is 92.7. The van der Waals surface area contributed by atoms with E-state index in [9.17, 15) is 0 Å². The van der Waals surface area contributed by atoms with Gasteiger partial charge in [0.2, 0.25) is 0 Å². The van der Waals surface area contributed by atoms with E-state index in [0.717, 1.165) is 11.2 Å². The molecular formula is C140H118N8OS. The average molecular weight is 1960 g/mol. The molecule has 0 amide bonds. The zero-order valence-electron chi connectivity index (χ0n) is 87.5. The molecule has 0 saturated carbocycles. The van der Waals surface area contributed by atoms with Crippen LogP contribution in [0.2, 0.25) is 0 Å². The number of aromatic nitrogens is 8. The maximum Gasteiger partial charge on any atom is 0.159 e. The van der Waals surface area contributed by atoms with Crippen molar-refractivity contribution >= 4 is 228 Å². The SMILES string of the molecule is CC(C)(C)c1cc2c3ccccc3n(-c3ccccc3)c2c2c1c1ccccc1n2-c1ccccc1.CC(C)(C)c1ccc2c(c1)c1ccc3c4ccccc4n(-c4ccccc4)c3c1n2-c1ccccc1.CC(C)(C)n1c2ccccc2c2ccc3c4ccccc4n(-c4ccccc4)c3c21.CC(C)(C)n1c2ccccc2c2ccc3c4ccccc4oc3c21.CC(C)(C)n1c2ccccc2c2ccc3c4ccccc4sc3c21. The standard InChI is InChI=1S/2C34H28N2.C28H24N2.C22H19NO.C22H19NS/c1-34(2,3)28-22-27-25-18-10-12-20-29(25)35(23-14-6-4-7-15-23)32(27)33-31(28)26-19-11-13-21-30(26)36(33)24-16-8-5-9-17-24;1-34(2,3)23-18-21-31-29(22-23)28-20-19-27-26-16-10-11-17-30(26)35(24-12-6-4-7-13-24)32(27)33(28)36(31)25-14-8-5-9-15-25;1-28(2,3)30-25-16-10-8-14-21(25)23-18-17-22-20-13-7-9-15-24(20)29(26(22)27(23)30)19-11-5-4-6-12-19;2*1-22(2,3)23-18-10-6-4-8-14(18)16-12-13-17-15-9-5-7-11-19(15)24-21(17)20(16)23/h2*4-22H,1-3H3;4-18H,1-3H3;2*4-13H,1-3H3. The maximum atomic E-state index is 6.31. The zero-order chi connectivity index (χ0) is 102. The highest BCUT2D eigenvalue weighted by Gasteiger charge is 2.33. The summed E-state index contributed by atoms with van der Waals surface area (Å²) in [6.07, 6.45) is 0. The van der Waals surface area contributed by atoms with Crippen molar-refractivity contribution in [2.75, 3.05) is 0 Å². The van der Waals surface area contributed by atoms with Gasteiger partial charge in [0.05, 0.1) is 76.4 Å². The summed E-state index contributed by atoms with van der Waals surface area (Å²) in [7, 11) is 0. The monoisotopic (exact) mass is 1960 g/mol. The lowest BCUT2D eigenvalue weighted by atomic mass is 9.83. The van der Waals surface area contributed by atoms with Gasteiger partial charge in [-0.3, -0.25) is 0 Å². The fraction of sp³-hybridized carbons (Fsp3) is 0.143. The minimum Gasteiger partial charge on any atom is -0.454 e. The smallest absolute Gasteiger partial charge is 0.159 e. The van der Waals surface area contributed by atoms with Crippen LogP contribution in [0.4, 0.5) is 0 Å². The van der Waals surface area contributed by atoms with Gasteiger partial charge in [-0.2, -0.15) is 0 Å². The van der Waals surface area contributed by atoms with Crippen LogP contribution in [0.3, 0.4) is 0 Å². The fourth-order valence-electron chi connectivity index (χ4n) is 24.5. The molecule has 150 heavy (non-hydrogen) atoms. The molecule has 0 radical (unpaired) electrons. The summed E-state index contributed by atoms with van der Waals surface area (Å²) in [4.78, 5) is 0. The number of thiophene rings is 1. The van der Waals surface area contributed by atoms with Crippen LogP contribution in [-0.4, -0.2) is 36.5 Å². The van der Waals surface area contributed by atoms with Crippen LogP contribution in [0.1, 0.15) is 115 Å². The summed E-state index contributed by atoms with van der Waals surface area (Å²) in [5.74, 6) is 0. The Hall–Kier alpha value is -17.2. The third-order valence-corrected chi connectivity index (χ3v) is 31.9. The highest BCUT2D eigenvalue weighted by molar-refractivity contribution is 7.26. The predicted molar refractivity (Wildman–Crippen MR) is 645 cm³/mol. The number of furan rings is 1. The highest BCUT2D eigenvalue weighted by atomic mass is 32.1. The molecule has 0 fully saturated rings. The van der Waals surface area contributed by atoms with E-state index in [-0.39, 0.29) is 27.4 Å². The first-order valence-corrected chi connectivity index (χ1v) is 53.5. The van der Waals surface area contributed by atoms with Crippen molar-refractivity contribution < 1.29 is 4.42 Å². The summed E-state index contributed by atoms with van der Waals surface area (Å²) in [5.41, 5.74) is 30.8. The Morgan fingerprint density at radius 3 is 0.893 bits per heavy atom. The minimum atomic E-state index is -0.0480. The molecule has 10 heteroatoms. The van der Waals surface area contributed by atoms with Crippen molar-refractivity contribution in [1.29, 1.82) is 0 Å². The van der Waals surface area contributed by atoms with Gasteiger partial charge in [0.25, 0.3) is 0 Å². The van der Waals surface area contributed by atoms with Crippen molar-refractivity contribution in [3.05, 3.63) is 454 Å². The maximum absolute atomic E-state index is 6.31. The first-order valence-electron chi connectivity index (χ1n) is 52.6. The molecule has 0 aliphatic carbocycles. The fourth-order valence-corrected chi connectivity index (χ4v) is 25.7. The Labute approximate surface area is 876 Å². The van der Waals surface area contributed by atoms with E-state index in [0.29, 0.717) is 0 Å². The van der Waals surface area contributed by atoms with Crippen molar-refractivity contribution in [1.82, 2.24) is 36.5 Å². The van der Waals surface area contributed by atoms with Crippen LogP contribution < -0.4 is 0 Å². The Morgan fingerprint density at radius 2 is 0.473 bits per heavy atom. The van der Waals surface area contributed by atoms with Gasteiger partial charge in [-0.25, -0.2) is 0 Å². The summed E-state index contributed by atoms with van der Waals surface area (Å²) in [6.45, 7) is 34.4. The Morgan fingerprint density at radius 1 is 0.187 bits per heavy atom. The van der Waals surface area contributed by atoms with E-state index < -0.39 is 0 Å². The first-order chi connectivity index (χ1) is 72.7. The normalized spacial score (nSPS) is 12.5. The van der Waals surface area contributed by atoms with E-state index in [2.05, 4.69) is 571 Å². The number of benzene rings is 20. The molecule has 730 valence electrons. The summed E-state index contributed by atoms with van der Waals surface area (Å²) in [5, 5.41) is 25.9. The third kappa shape index (κ3) is 14.9. The van der Waals surface area contributed by atoms with Crippen LogP contribution in [0.25, 0.3) is 245 Å². The lowest BCUT2D eigenvalue weighted by Crippen LogP contribution is -2.21. The quantitative estimate of drug-likeness (QED) is 0.169. The lowest BCUT2D eigenvalue weighted by Gasteiger charge is -2.25. The molecule has 0 atom stereocenters. The number of fused-ring (bicyclic) bond motifs is 35. The molecule has 0 saturated heterocycles. The van der Waals surface area contributed by atoms with Gasteiger partial charge in [0.15, 0.2) is 5.58 Å². The second kappa shape index (κ2) is 35.3. The topological polar surface area (TPSA) is 52.6 Å².